The van der Waals surface area contributed by atoms with Crippen LogP contribution < -0.4 is 10.6 Å². The molecule has 8 nitrogen and oxygen atoms in total. The first-order chi connectivity index (χ1) is 14.4. The number of benzene rings is 2. The van der Waals surface area contributed by atoms with Gasteiger partial charge in [0.05, 0.1) is 22.8 Å². The van der Waals surface area contributed by atoms with Gasteiger partial charge in [0.15, 0.2) is 5.69 Å². The third-order valence-corrected chi connectivity index (χ3v) is 4.46. The summed E-state index contributed by atoms with van der Waals surface area (Å²) in [7, 11) is 1.60. The van der Waals surface area contributed by atoms with Crippen LogP contribution in [-0.2, 0) is 11.8 Å². The van der Waals surface area contributed by atoms with Gasteiger partial charge in [0.2, 0.25) is 0 Å². The predicted molar refractivity (Wildman–Crippen MR) is 113 cm³/mol. The van der Waals surface area contributed by atoms with Crippen molar-refractivity contribution in [3.8, 4) is 0 Å². The van der Waals surface area contributed by atoms with Crippen LogP contribution in [-0.4, -0.2) is 34.2 Å². The van der Waals surface area contributed by atoms with E-state index in [2.05, 4.69) is 15.7 Å². The molecule has 0 saturated heterocycles. The Balaban J connectivity index is 1.68. The molecule has 2 aromatic carbocycles. The minimum Gasteiger partial charge on any atom is -0.462 e. The van der Waals surface area contributed by atoms with Gasteiger partial charge in [-0.25, -0.2) is 4.79 Å². The number of carbonyl (C=O) groups excluding carboxylic acids is 3. The zero-order valence-electron chi connectivity index (χ0n) is 16.3. The molecule has 2 amide bonds. The van der Waals surface area contributed by atoms with Gasteiger partial charge in [-0.1, -0.05) is 23.7 Å². The average Bonchev–Trinajstić information content (AvgIpc) is 3.09. The number of nitrogens with zero attached hydrogens (tertiary/aromatic N) is 2. The largest absolute Gasteiger partial charge is 0.462 e. The number of carbonyl (C=O) groups is 3. The van der Waals surface area contributed by atoms with E-state index in [4.69, 9.17) is 16.3 Å². The molecular formula is C21H19ClN4O4. The molecule has 1 aromatic heterocycles. The minimum absolute atomic E-state index is 0.112. The fourth-order valence-electron chi connectivity index (χ4n) is 2.62. The SMILES string of the molecule is CCOC(=O)c1ccc(NC(=O)c2cc(NC(=O)c3ccccc3Cl)n(C)n2)cc1. The van der Waals surface area contributed by atoms with Crippen LogP contribution in [0.15, 0.2) is 54.6 Å². The van der Waals surface area contributed by atoms with Crippen LogP contribution in [0.3, 0.4) is 0 Å². The summed E-state index contributed by atoms with van der Waals surface area (Å²) < 4.78 is 6.31. The number of hydrogen-bond acceptors (Lipinski definition) is 5. The summed E-state index contributed by atoms with van der Waals surface area (Å²) in [6.45, 7) is 2.01. The molecule has 0 radical (unpaired) electrons. The molecule has 0 saturated carbocycles. The summed E-state index contributed by atoms with van der Waals surface area (Å²) in [6, 6.07) is 14.4. The number of rotatable bonds is 6. The number of aryl methyl sites for hydroxylation is 1. The van der Waals surface area contributed by atoms with Crippen LogP contribution in [0.25, 0.3) is 0 Å². The summed E-state index contributed by atoms with van der Waals surface area (Å²) >= 11 is 6.04. The van der Waals surface area contributed by atoms with Gasteiger partial charge in [-0.05, 0) is 43.3 Å². The lowest BCUT2D eigenvalue weighted by Gasteiger charge is -2.06. The van der Waals surface area contributed by atoms with Crippen molar-refractivity contribution in [2.75, 3.05) is 17.2 Å². The van der Waals surface area contributed by atoms with Crippen molar-refractivity contribution < 1.29 is 19.1 Å². The molecule has 3 rings (SSSR count). The maximum Gasteiger partial charge on any atom is 0.338 e. The van der Waals surface area contributed by atoms with Crippen molar-refractivity contribution >= 4 is 40.9 Å². The van der Waals surface area contributed by atoms with E-state index >= 15 is 0 Å². The highest BCUT2D eigenvalue weighted by Gasteiger charge is 2.17. The summed E-state index contributed by atoms with van der Waals surface area (Å²) in [5.41, 5.74) is 1.30. The molecule has 154 valence electrons. The average molecular weight is 427 g/mol. The smallest absolute Gasteiger partial charge is 0.338 e. The van der Waals surface area contributed by atoms with E-state index in [0.29, 0.717) is 27.7 Å². The zero-order valence-corrected chi connectivity index (χ0v) is 17.1. The van der Waals surface area contributed by atoms with Crippen molar-refractivity contribution in [2.45, 2.75) is 6.92 Å². The van der Waals surface area contributed by atoms with Gasteiger partial charge in [0.1, 0.15) is 5.82 Å². The molecule has 0 fully saturated rings. The molecule has 0 atom stereocenters. The van der Waals surface area contributed by atoms with E-state index in [9.17, 15) is 14.4 Å². The van der Waals surface area contributed by atoms with Gasteiger partial charge >= 0.3 is 5.97 Å². The maximum atomic E-state index is 12.5. The quantitative estimate of drug-likeness (QED) is 0.584. The van der Waals surface area contributed by atoms with Gasteiger partial charge < -0.3 is 15.4 Å². The van der Waals surface area contributed by atoms with Gasteiger partial charge in [-0.3, -0.25) is 14.3 Å². The topological polar surface area (TPSA) is 102 Å². The Morgan fingerprint density at radius 1 is 1.03 bits per heavy atom. The fraction of sp³-hybridized carbons (Fsp3) is 0.143. The Hall–Kier alpha value is -3.65. The van der Waals surface area contributed by atoms with Crippen molar-refractivity contribution in [1.29, 1.82) is 0 Å². The molecule has 0 aliphatic heterocycles. The third-order valence-electron chi connectivity index (χ3n) is 4.13. The number of aromatic nitrogens is 2. The standard InChI is InChI=1S/C21H19ClN4O4/c1-3-30-21(29)13-8-10-14(11-9-13)23-20(28)17-12-18(26(2)25-17)24-19(27)15-6-4-5-7-16(15)22/h4-12H,3H2,1-2H3,(H,23,28)(H,24,27). The highest BCUT2D eigenvalue weighted by atomic mass is 35.5. The van der Waals surface area contributed by atoms with Crippen molar-refractivity contribution in [3.05, 3.63) is 76.4 Å². The van der Waals surface area contributed by atoms with Gasteiger partial charge in [-0.15, -0.1) is 0 Å². The monoisotopic (exact) mass is 426 g/mol. The van der Waals surface area contributed by atoms with E-state index in [-0.39, 0.29) is 12.3 Å². The van der Waals surface area contributed by atoms with Crippen LogP contribution in [0.5, 0.6) is 0 Å². The van der Waals surface area contributed by atoms with E-state index in [1.54, 1.807) is 62.5 Å². The minimum atomic E-state index is -0.465. The van der Waals surface area contributed by atoms with Crippen molar-refractivity contribution in [3.63, 3.8) is 0 Å². The second-order valence-corrected chi connectivity index (χ2v) is 6.63. The van der Waals surface area contributed by atoms with E-state index in [1.807, 2.05) is 0 Å². The Kier molecular flexibility index (Phi) is 6.48. The molecule has 1 heterocycles. The maximum absolute atomic E-state index is 12.5. The molecule has 0 aliphatic carbocycles. The molecule has 0 aliphatic rings. The van der Waals surface area contributed by atoms with Gasteiger partial charge in [-0.2, -0.15) is 5.10 Å². The fourth-order valence-corrected chi connectivity index (χ4v) is 2.84. The number of esters is 1. The first-order valence-electron chi connectivity index (χ1n) is 9.07. The second kappa shape index (κ2) is 9.23. The first-order valence-corrected chi connectivity index (χ1v) is 9.45. The number of anilines is 2. The van der Waals surface area contributed by atoms with Gasteiger partial charge in [0.25, 0.3) is 11.8 Å². The molecule has 3 aromatic rings. The number of nitrogens with one attached hydrogen (secondary N) is 2. The lowest BCUT2D eigenvalue weighted by Crippen LogP contribution is -2.14. The number of amides is 2. The van der Waals surface area contributed by atoms with E-state index < -0.39 is 17.8 Å². The molecule has 2 N–H and O–H groups in total. The Labute approximate surface area is 177 Å². The number of hydrogen-bond donors (Lipinski definition) is 2. The number of halogens is 1. The van der Waals surface area contributed by atoms with Crippen LogP contribution in [0.4, 0.5) is 11.5 Å². The molecular weight excluding hydrogens is 408 g/mol. The molecule has 0 unspecified atom stereocenters. The molecule has 30 heavy (non-hydrogen) atoms. The van der Waals surface area contributed by atoms with Crippen LogP contribution in [0.1, 0.15) is 38.1 Å². The highest BCUT2D eigenvalue weighted by Crippen LogP contribution is 2.18. The van der Waals surface area contributed by atoms with Crippen LogP contribution >= 0.6 is 11.6 Å². The second-order valence-electron chi connectivity index (χ2n) is 6.22. The summed E-state index contributed by atoms with van der Waals surface area (Å²) in [4.78, 5) is 36.6. The predicted octanol–water partition coefficient (Wildman–Crippen LogP) is 3.75. The highest BCUT2D eigenvalue weighted by molar-refractivity contribution is 6.34. The normalized spacial score (nSPS) is 10.4. The van der Waals surface area contributed by atoms with E-state index in [1.165, 1.54) is 10.7 Å². The number of ether oxygens (including phenoxy) is 1. The molecule has 9 heteroatoms. The third kappa shape index (κ3) is 4.84. The Bertz CT molecular complexity index is 1090. The summed E-state index contributed by atoms with van der Waals surface area (Å²) in [6.07, 6.45) is 0. The molecule has 0 bridgehead atoms. The lowest BCUT2D eigenvalue weighted by atomic mass is 10.2. The zero-order chi connectivity index (χ0) is 21.7. The summed E-state index contributed by atoms with van der Waals surface area (Å²) in [5.74, 6) is -0.973. The first kappa shape index (κ1) is 21.1. The Morgan fingerprint density at radius 3 is 2.40 bits per heavy atom. The van der Waals surface area contributed by atoms with Gasteiger partial charge in [0, 0.05) is 18.8 Å². The summed E-state index contributed by atoms with van der Waals surface area (Å²) in [5, 5.41) is 9.82. The van der Waals surface area contributed by atoms with Crippen LogP contribution in [0, 0.1) is 0 Å². The van der Waals surface area contributed by atoms with Crippen molar-refractivity contribution in [2.24, 2.45) is 7.05 Å². The lowest BCUT2D eigenvalue weighted by molar-refractivity contribution is 0.0526. The van der Waals surface area contributed by atoms with Crippen LogP contribution in [0.2, 0.25) is 5.02 Å². The molecule has 0 spiro atoms. The van der Waals surface area contributed by atoms with Crippen molar-refractivity contribution in [1.82, 2.24) is 9.78 Å². The Morgan fingerprint density at radius 2 is 1.73 bits per heavy atom. The van der Waals surface area contributed by atoms with E-state index in [0.717, 1.165) is 0 Å².